The summed E-state index contributed by atoms with van der Waals surface area (Å²) < 4.78 is 16.6. The predicted octanol–water partition coefficient (Wildman–Crippen LogP) is 0.858. The molecule has 0 fully saturated rings. The molecule has 5 nitrogen and oxygen atoms in total. The van der Waals surface area contributed by atoms with Crippen molar-refractivity contribution in [2.45, 2.75) is 19.0 Å². The van der Waals surface area contributed by atoms with Gasteiger partial charge in [-0.25, -0.2) is 0 Å². The molecule has 0 N–H and O–H groups in total. The van der Waals surface area contributed by atoms with Gasteiger partial charge in [0.2, 0.25) is 0 Å². The van der Waals surface area contributed by atoms with E-state index < -0.39 is 8.80 Å². The fourth-order valence-electron chi connectivity index (χ4n) is 2.10. The van der Waals surface area contributed by atoms with E-state index in [4.69, 9.17) is 13.3 Å². The van der Waals surface area contributed by atoms with E-state index in [1.54, 1.807) is 21.3 Å². The number of nitrogens with zero attached hydrogens (tertiary/aromatic N) is 2. The van der Waals surface area contributed by atoms with Crippen LogP contribution in [0.25, 0.3) is 0 Å². The van der Waals surface area contributed by atoms with E-state index in [0.717, 1.165) is 13.1 Å². The second kappa shape index (κ2) is 5.67. The van der Waals surface area contributed by atoms with Gasteiger partial charge in [0.05, 0.1) is 12.3 Å². The molecular weight excluding hydrogens is 224 g/mol. The molecule has 0 aromatic rings. The Bertz CT molecular complexity index is 238. The maximum atomic E-state index is 5.54. The third-order valence-corrected chi connectivity index (χ3v) is 6.21. The van der Waals surface area contributed by atoms with Gasteiger partial charge in [-0.3, -0.25) is 0 Å². The number of hydrogen-bond acceptors (Lipinski definition) is 5. The van der Waals surface area contributed by atoms with Crippen molar-refractivity contribution >= 4 is 8.80 Å². The fraction of sp³-hybridized carbons (Fsp3) is 0.800. The zero-order valence-electron chi connectivity index (χ0n) is 10.8. The van der Waals surface area contributed by atoms with Crippen LogP contribution < -0.4 is 0 Å². The first kappa shape index (κ1) is 13.5. The second-order valence-corrected chi connectivity index (χ2v) is 6.95. The van der Waals surface area contributed by atoms with Crippen molar-refractivity contribution in [3.05, 3.63) is 12.4 Å². The molecule has 0 radical (unpaired) electrons. The largest absolute Gasteiger partial charge is 0.523 e. The van der Waals surface area contributed by atoms with E-state index in [2.05, 4.69) is 22.9 Å². The summed E-state index contributed by atoms with van der Waals surface area (Å²) >= 11 is 0. The highest BCUT2D eigenvalue weighted by Crippen LogP contribution is 2.23. The van der Waals surface area contributed by atoms with Crippen LogP contribution in [0.5, 0.6) is 0 Å². The minimum Gasteiger partial charge on any atom is -0.376 e. The van der Waals surface area contributed by atoms with Crippen LogP contribution in [0, 0.1) is 0 Å². The van der Waals surface area contributed by atoms with Crippen LogP contribution in [0.1, 0.15) is 13.3 Å². The quantitative estimate of drug-likeness (QED) is 0.649. The summed E-state index contributed by atoms with van der Waals surface area (Å²) in [6, 6.07) is 0. The molecule has 0 saturated heterocycles. The monoisotopic (exact) mass is 246 g/mol. The summed E-state index contributed by atoms with van der Waals surface area (Å²) in [5.74, 6) is 0. The Balaban J connectivity index is 2.83. The van der Waals surface area contributed by atoms with Gasteiger partial charge < -0.3 is 23.1 Å². The highest BCUT2D eigenvalue weighted by Gasteiger charge is 2.49. The van der Waals surface area contributed by atoms with Crippen LogP contribution in [-0.4, -0.2) is 59.3 Å². The van der Waals surface area contributed by atoms with Crippen LogP contribution in [0.2, 0.25) is 0 Å². The Kier molecular flexibility index (Phi) is 4.79. The van der Waals surface area contributed by atoms with Gasteiger partial charge in [0, 0.05) is 40.8 Å². The standard InChI is InChI=1S/C10H22N2O3Si/c1-6-10(12-8-7-11(2)9-12)16(13-3,14-4)15-5/h7-8,10H,6,9H2,1-5H3. The van der Waals surface area contributed by atoms with Crippen LogP contribution in [0.15, 0.2) is 12.4 Å². The molecule has 0 bridgehead atoms. The van der Waals surface area contributed by atoms with Gasteiger partial charge in [-0.1, -0.05) is 6.92 Å². The van der Waals surface area contributed by atoms with E-state index in [1.165, 1.54) is 0 Å². The second-order valence-electron chi connectivity index (χ2n) is 3.85. The summed E-state index contributed by atoms with van der Waals surface area (Å²) in [4.78, 5) is 4.32. The lowest BCUT2D eigenvalue weighted by Gasteiger charge is -2.37. The van der Waals surface area contributed by atoms with Crippen LogP contribution in [0.3, 0.4) is 0 Å². The maximum Gasteiger partial charge on any atom is 0.523 e. The lowest BCUT2D eigenvalue weighted by molar-refractivity contribution is 0.0816. The van der Waals surface area contributed by atoms with Crippen molar-refractivity contribution in [2.24, 2.45) is 0 Å². The SMILES string of the molecule is CCC(N1C=CN(C)C1)[Si](OC)(OC)OC. The van der Waals surface area contributed by atoms with E-state index in [0.29, 0.717) is 0 Å². The molecule has 1 unspecified atom stereocenters. The van der Waals surface area contributed by atoms with Gasteiger partial charge in [0.25, 0.3) is 0 Å². The highest BCUT2D eigenvalue weighted by atomic mass is 28.4. The lowest BCUT2D eigenvalue weighted by Crippen LogP contribution is -2.60. The first-order valence-electron chi connectivity index (χ1n) is 5.43. The zero-order valence-corrected chi connectivity index (χ0v) is 11.8. The van der Waals surface area contributed by atoms with Crippen LogP contribution in [-0.2, 0) is 13.3 Å². The van der Waals surface area contributed by atoms with E-state index in [1.807, 2.05) is 13.2 Å². The van der Waals surface area contributed by atoms with Gasteiger partial charge in [0.15, 0.2) is 0 Å². The Labute approximate surface area is 98.9 Å². The summed E-state index contributed by atoms with van der Waals surface area (Å²) in [6.45, 7) is 2.97. The molecule has 0 saturated carbocycles. The molecule has 0 amide bonds. The summed E-state index contributed by atoms with van der Waals surface area (Å²) in [5.41, 5.74) is 0.161. The molecule has 16 heavy (non-hydrogen) atoms. The molecule has 1 rings (SSSR count). The smallest absolute Gasteiger partial charge is 0.376 e. The Morgan fingerprint density at radius 1 is 1.19 bits per heavy atom. The molecule has 94 valence electrons. The van der Waals surface area contributed by atoms with Crippen LogP contribution >= 0.6 is 0 Å². The molecule has 1 atom stereocenters. The van der Waals surface area contributed by atoms with E-state index >= 15 is 0 Å². The Morgan fingerprint density at radius 3 is 2.06 bits per heavy atom. The lowest BCUT2D eigenvalue weighted by atomic mass is 10.4. The third kappa shape index (κ3) is 2.40. The molecular formula is C10H22N2O3Si. The van der Waals surface area contributed by atoms with Gasteiger partial charge in [-0.15, -0.1) is 0 Å². The van der Waals surface area contributed by atoms with Gasteiger partial charge >= 0.3 is 8.80 Å². The van der Waals surface area contributed by atoms with Gasteiger partial charge in [-0.2, -0.15) is 0 Å². The van der Waals surface area contributed by atoms with E-state index in [-0.39, 0.29) is 5.67 Å². The molecule has 0 aromatic heterocycles. The van der Waals surface area contributed by atoms with Crippen molar-refractivity contribution in [3.8, 4) is 0 Å². The fourth-order valence-corrected chi connectivity index (χ4v) is 4.49. The van der Waals surface area contributed by atoms with Crippen LogP contribution in [0.4, 0.5) is 0 Å². The molecule has 1 heterocycles. The Morgan fingerprint density at radius 2 is 1.75 bits per heavy atom. The average Bonchev–Trinajstić information content (AvgIpc) is 2.72. The van der Waals surface area contributed by atoms with Gasteiger partial charge in [0.1, 0.15) is 0 Å². The van der Waals surface area contributed by atoms with Crippen molar-refractivity contribution in [3.63, 3.8) is 0 Å². The summed E-state index contributed by atoms with van der Waals surface area (Å²) in [5, 5.41) is 0. The van der Waals surface area contributed by atoms with Crippen molar-refractivity contribution in [1.82, 2.24) is 9.80 Å². The van der Waals surface area contributed by atoms with Crippen molar-refractivity contribution in [1.29, 1.82) is 0 Å². The average molecular weight is 246 g/mol. The molecule has 6 heteroatoms. The van der Waals surface area contributed by atoms with Crippen molar-refractivity contribution in [2.75, 3.05) is 35.0 Å². The van der Waals surface area contributed by atoms with Crippen molar-refractivity contribution < 1.29 is 13.3 Å². The first-order valence-corrected chi connectivity index (χ1v) is 7.23. The molecule has 0 aromatic carbocycles. The summed E-state index contributed by atoms with van der Waals surface area (Å²) in [7, 11) is 4.42. The molecule has 0 aliphatic carbocycles. The first-order chi connectivity index (χ1) is 7.63. The molecule has 1 aliphatic rings. The molecule has 1 aliphatic heterocycles. The predicted molar refractivity (Wildman–Crippen MR) is 64.5 cm³/mol. The summed E-state index contributed by atoms with van der Waals surface area (Å²) in [6.07, 6.45) is 5.04. The topological polar surface area (TPSA) is 34.2 Å². The number of rotatable bonds is 6. The van der Waals surface area contributed by atoms with E-state index in [9.17, 15) is 0 Å². The third-order valence-electron chi connectivity index (χ3n) is 2.95. The van der Waals surface area contributed by atoms with Gasteiger partial charge in [-0.05, 0) is 6.42 Å². The normalized spacial score (nSPS) is 18.3. The highest BCUT2D eigenvalue weighted by molar-refractivity contribution is 6.62. The minimum absolute atomic E-state index is 0.161. The maximum absolute atomic E-state index is 5.54. The Hall–Kier alpha value is -0.563. The minimum atomic E-state index is -2.59. The zero-order chi connectivity index (χ0) is 12.2. The number of hydrogen-bond donors (Lipinski definition) is 0. The molecule has 0 spiro atoms.